The Morgan fingerprint density at radius 1 is 1.33 bits per heavy atom. The van der Waals surface area contributed by atoms with Gasteiger partial charge in [-0.15, -0.1) is 11.8 Å². The molecule has 24 heavy (non-hydrogen) atoms. The average molecular weight is 379 g/mol. The van der Waals surface area contributed by atoms with Crippen molar-refractivity contribution in [2.75, 3.05) is 0 Å². The van der Waals surface area contributed by atoms with Gasteiger partial charge in [-0.2, -0.15) is 5.26 Å². The number of halogens is 2. The molecule has 0 unspecified atom stereocenters. The van der Waals surface area contributed by atoms with Crippen LogP contribution in [-0.2, 0) is 10.5 Å². The van der Waals surface area contributed by atoms with Gasteiger partial charge in [-0.3, -0.25) is 4.79 Å². The molecule has 0 aliphatic carbocycles. The number of hydrogen-bond acceptors (Lipinski definition) is 4. The van der Waals surface area contributed by atoms with E-state index in [1.165, 1.54) is 11.8 Å². The van der Waals surface area contributed by atoms with Gasteiger partial charge in [0.05, 0.1) is 38.9 Å². The van der Waals surface area contributed by atoms with Gasteiger partial charge in [0, 0.05) is 12.2 Å². The Kier molecular flexibility index (Phi) is 5.20. The third-order valence-corrected chi connectivity index (χ3v) is 5.44. The van der Waals surface area contributed by atoms with Crippen LogP contribution in [0.2, 0.25) is 10.0 Å². The lowest BCUT2D eigenvalue weighted by molar-refractivity contribution is -0.120. The van der Waals surface area contributed by atoms with Crippen LogP contribution in [-0.4, -0.2) is 5.91 Å². The summed E-state index contributed by atoms with van der Waals surface area (Å²) in [5, 5.41) is 13.9. The van der Waals surface area contributed by atoms with Crippen LogP contribution in [0.5, 0.6) is 0 Å². The summed E-state index contributed by atoms with van der Waals surface area (Å²) in [4.78, 5) is 12.0. The maximum Gasteiger partial charge on any atom is 0.225 e. The minimum Gasteiger partial charge on any atom is -0.469 e. The summed E-state index contributed by atoms with van der Waals surface area (Å²) < 4.78 is 5.39. The van der Waals surface area contributed by atoms with Crippen LogP contribution in [0.1, 0.15) is 23.7 Å². The van der Waals surface area contributed by atoms with E-state index in [4.69, 9.17) is 27.6 Å². The Labute approximate surface area is 153 Å². The van der Waals surface area contributed by atoms with Gasteiger partial charge in [-0.05, 0) is 29.8 Å². The molecule has 1 atom stereocenters. The lowest BCUT2D eigenvalue weighted by Crippen LogP contribution is -2.30. The number of carbonyl (C=O) groups is 1. The molecule has 7 heteroatoms. The molecule has 2 heterocycles. The van der Waals surface area contributed by atoms with Crippen molar-refractivity contribution in [2.24, 2.45) is 0 Å². The number of furan rings is 1. The molecule has 0 radical (unpaired) electrons. The van der Waals surface area contributed by atoms with Gasteiger partial charge < -0.3 is 9.73 Å². The van der Waals surface area contributed by atoms with Crippen LogP contribution in [0.25, 0.3) is 0 Å². The fourth-order valence-electron chi connectivity index (χ4n) is 2.45. The smallest absolute Gasteiger partial charge is 0.225 e. The number of hydrogen-bond donors (Lipinski definition) is 1. The predicted molar refractivity (Wildman–Crippen MR) is 94.6 cm³/mol. The Morgan fingerprint density at radius 3 is 2.83 bits per heavy atom. The van der Waals surface area contributed by atoms with E-state index in [9.17, 15) is 10.1 Å². The highest BCUT2D eigenvalue weighted by molar-refractivity contribution is 8.02. The zero-order valence-corrected chi connectivity index (χ0v) is 14.7. The molecule has 1 aliphatic heterocycles. The second kappa shape index (κ2) is 7.35. The molecule has 0 saturated heterocycles. The minimum atomic E-state index is -0.352. The summed E-state index contributed by atoms with van der Waals surface area (Å²) in [6.45, 7) is 0. The van der Waals surface area contributed by atoms with E-state index in [1.54, 1.807) is 30.5 Å². The van der Waals surface area contributed by atoms with Gasteiger partial charge in [0.15, 0.2) is 0 Å². The second-order valence-corrected chi connectivity index (χ2v) is 7.01. The highest BCUT2D eigenvalue weighted by Gasteiger charge is 2.31. The van der Waals surface area contributed by atoms with Crippen LogP contribution in [0.4, 0.5) is 0 Å². The summed E-state index contributed by atoms with van der Waals surface area (Å²) in [7, 11) is 0. The van der Waals surface area contributed by atoms with Crippen LogP contribution in [0, 0.1) is 11.3 Å². The van der Waals surface area contributed by atoms with Gasteiger partial charge in [0.1, 0.15) is 5.76 Å². The zero-order chi connectivity index (χ0) is 17.1. The molecule has 0 saturated carbocycles. The summed E-state index contributed by atoms with van der Waals surface area (Å²) >= 11 is 13.3. The van der Waals surface area contributed by atoms with E-state index < -0.39 is 0 Å². The van der Waals surface area contributed by atoms with Crippen molar-refractivity contribution in [1.82, 2.24) is 5.32 Å². The standard InChI is InChI=1S/C17H12Cl2N2O2S/c18-13-4-3-10(6-14(13)19)9-24-17-12(8-20)11(7-16(22)21-17)15-2-1-5-23-15/h1-6,11H,7,9H2,(H,21,22)/t11-/m0/s1. The molecule has 122 valence electrons. The number of nitrogens with zero attached hydrogens (tertiary/aromatic N) is 1. The average Bonchev–Trinajstić information content (AvgIpc) is 3.09. The third-order valence-electron chi connectivity index (χ3n) is 3.61. The van der Waals surface area contributed by atoms with Crippen molar-refractivity contribution >= 4 is 40.9 Å². The molecule has 1 aliphatic rings. The van der Waals surface area contributed by atoms with Gasteiger partial charge in [-0.25, -0.2) is 0 Å². The van der Waals surface area contributed by atoms with Gasteiger partial charge in [0.2, 0.25) is 5.91 Å². The normalized spacial score (nSPS) is 17.5. The van der Waals surface area contributed by atoms with Crippen LogP contribution in [0.15, 0.2) is 51.6 Å². The quantitative estimate of drug-likeness (QED) is 0.824. The zero-order valence-electron chi connectivity index (χ0n) is 12.4. The first-order valence-electron chi connectivity index (χ1n) is 7.12. The Bertz CT molecular complexity index is 841. The third kappa shape index (κ3) is 3.62. The van der Waals surface area contributed by atoms with Crippen LogP contribution < -0.4 is 5.32 Å². The van der Waals surface area contributed by atoms with Gasteiger partial charge in [0.25, 0.3) is 0 Å². The Morgan fingerprint density at radius 2 is 2.17 bits per heavy atom. The Balaban J connectivity index is 1.84. The lowest BCUT2D eigenvalue weighted by Gasteiger charge is -2.23. The number of nitriles is 1. The molecular weight excluding hydrogens is 367 g/mol. The number of amides is 1. The van der Waals surface area contributed by atoms with Gasteiger partial charge >= 0.3 is 0 Å². The fourth-order valence-corrected chi connectivity index (χ4v) is 3.79. The molecular formula is C17H12Cl2N2O2S. The summed E-state index contributed by atoms with van der Waals surface area (Å²) in [5.74, 6) is 0.693. The van der Waals surface area contributed by atoms with E-state index in [0.29, 0.717) is 32.2 Å². The van der Waals surface area contributed by atoms with Crippen molar-refractivity contribution < 1.29 is 9.21 Å². The fraction of sp³-hybridized carbons (Fsp3) is 0.176. The molecule has 1 N–H and O–H groups in total. The maximum absolute atomic E-state index is 12.0. The molecule has 2 aromatic rings. The highest BCUT2D eigenvalue weighted by Crippen LogP contribution is 2.37. The number of allylic oxidation sites excluding steroid dienone is 1. The number of thioether (sulfide) groups is 1. The van der Waals surface area contributed by atoms with Crippen LogP contribution in [0.3, 0.4) is 0 Å². The maximum atomic E-state index is 12.0. The van der Waals surface area contributed by atoms with E-state index in [0.717, 1.165) is 5.56 Å². The highest BCUT2D eigenvalue weighted by atomic mass is 35.5. The summed E-state index contributed by atoms with van der Waals surface area (Å²) in [5.41, 5.74) is 1.46. The molecule has 1 aromatic carbocycles. The predicted octanol–water partition coefficient (Wildman–Crippen LogP) is 4.86. The summed E-state index contributed by atoms with van der Waals surface area (Å²) in [6.07, 6.45) is 1.74. The van der Waals surface area contributed by atoms with Crippen molar-refractivity contribution in [3.05, 3.63) is 68.6 Å². The first-order chi connectivity index (χ1) is 11.6. The monoisotopic (exact) mass is 378 g/mol. The number of rotatable bonds is 4. The van der Waals surface area contributed by atoms with Crippen molar-refractivity contribution in [3.63, 3.8) is 0 Å². The SMILES string of the molecule is N#CC1=C(SCc2ccc(Cl)c(Cl)c2)NC(=O)C[C@@H]1c1ccco1. The second-order valence-electron chi connectivity index (χ2n) is 5.21. The van der Waals surface area contributed by atoms with Crippen molar-refractivity contribution in [3.8, 4) is 6.07 Å². The molecule has 0 bridgehead atoms. The minimum absolute atomic E-state index is 0.132. The van der Waals surface area contributed by atoms with E-state index in [1.807, 2.05) is 6.07 Å². The number of nitrogens with one attached hydrogen (secondary N) is 1. The van der Waals surface area contributed by atoms with Crippen molar-refractivity contribution in [1.29, 1.82) is 5.26 Å². The van der Waals surface area contributed by atoms with E-state index in [2.05, 4.69) is 11.4 Å². The molecule has 4 nitrogen and oxygen atoms in total. The molecule has 3 rings (SSSR count). The largest absolute Gasteiger partial charge is 0.469 e. The number of benzene rings is 1. The first kappa shape index (κ1) is 17.0. The van der Waals surface area contributed by atoms with E-state index >= 15 is 0 Å². The van der Waals surface area contributed by atoms with Gasteiger partial charge in [-0.1, -0.05) is 29.3 Å². The van der Waals surface area contributed by atoms with Crippen molar-refractivity contribution in [2.45, 2.75) is 18.1 Å². The molecule has 0 spiro atoms. The molecule has 1 aromatic heterocycles. The molecule has 0 fully saturated rings. The molecule has 1 amide bonds. The van der Waals surface area contributed by atoms with E-state index in [-0.39, 0.29) is 18.2 Å². The first-order valence-corrected chi connectivity index (χ1v) is 8.87. The number of carbonyl (C=O) groups excluding carboxylic acids is 1. The summed E-state index contributed by atoms with van der Waals surface area (Å²) in [6, 6.07) is 11.1. The lowest BCUT2D eigenvalue weighted by atomic mass is 9.92. The Hall–Kier alpha value is -1.87. The topological polar surface area (TPSA) is 66.0 Å². The van der Waals surface area contributed by atoms with Crippen LogP contribution >= 0.6 is 35.0 Å².